The van der Waals surface area contributed by atoms with Gasteiger partial charge in [0, 0.05) is 21.3 Å². The van der Waals surface area contributed by atoms with Crippen LogP contribution in [0.4, 0.5) is 18.9 Å². The van der Waals surface area contributed by atoms with E-state index in [9.17, 15) is 18.0 Å². The summed E-state index contributed by atoms with van der Waals surface area (Å²) < 4.78 is 41.4. The lowest BCUT2D eigenvalue weighted by atomic mass is 10.1. The smallest absolute Gasteiger partial charge is 0.319 e. The summed E-state index contributed by atoms with van der Waals surface area (Å²) in [7, 11) is 0. The normalized spacial score (nSPS) is 11.6. The predicted octanol–water partition coefficient (Wildman–Crippen LogP) is 5.37. The molecule has 2 aromatic heterocycles. The van der Waals surface area contributed by atoms with Gasteiger partial charge in [0.25, 0.3) is 11.7 Å². The molecule has 0 saturated carbocycles. The number of amides is 1. The maximum Gasteiger partial charge on any atom is 0.433 e. The van der Waals surface area contributed by atoms with Crippen LogP contribution in [0.25, 0.3) is 17.0 Å². The molecule has 0 saturated heterocycles. The van der Waals surface area contributed by atoms with E-state index in [1.165, 1.54) is 36.4 Å². The zero-order chi connectivity index (χ0) is 21.5. The van der Waals surface area contributed by atoms with E-state index in [2.05, 4.69) is 20.4 Å². The molecule has 1 N–H and O–H groups in total. The zero-order valence-electron chi connectivity index (χ0n) is 14.8. The van der Waals surface area contributed by atoms with Gasteiger partial charge in [-0.1, -0.05) is 35.3 Å². The summed E-state index contributed by atoms with van der Waals surface area (Å²) in [5, 5.41) is 7.10. The minimum Gasteiger partial charge on any atom is -0.319 e. The van der Waals surface area contributed by atoms with Crippen LogP contribution < -0.4 is 5.32 Å². The van der Waals surface area contributed by atoms with E-state index in [1.807, 2.05) is 0 Å². The molecule has 0 unspecified atom stereocenters. The molecule has 0 aliphatic carbocycles. The molecule has 0 aliphatic heterocycles. The minimum absolute atomic E-state index is 0.0172. The summed E-state index contributed by atoms with van der Waals surface area (Å²) in [5.41, 5.74) is -0.310. The molecule has 4 rings (SSSR count). The third-order valence-corrected chi connectivity index (χ3v) is 4.55. The largest absolute Gasteiger partial charge is 0.433 e. The van der Waals surface area contributed by atoms with Crippen molar-refractivity contribution in [2.45, 2.75) is 6.18 Å². The summed E-state index contributed by atoms with van der Waals surface area (Å²) in [6.07, 6.45) is -4.75. The van der Waals surface area contributed by atoms with E-state index in [1.54, 1.807) is 12.1 Å². The molecule has 2 aromatic carbocycles. The number of fused-ring (bicyclic) bond motifs is 1. The van der Waals surface area contributed by atoms with Crippen LogP contribution in [0.3, 0.4) is 0 Å². The Kier molecular flexibility index (Phi) is 5.08. The van der Waals surface area contributed by atoms with Gasteiger partial charge in [-0.3, -0.25) is 4.79 Å². The molecule has 1 amide bonds. The Morgan fingerprint density at radius 2 is 1.53 bits per heavy atom. The Bertz CT molecular complexity index is 1240. The van der Waals surface area contributed by atoms with Crippen molar-refractivity contribution in [1.82, 2.24) is 19.6 Å². The number of carbonyl (C=O) groups is 1. The van der Waals surface area contributed by atoms with Gasteiger partial charge in [0.2, 0.25) is 5.82 Å². The van der Waals surface area contributed by atoms with Crippen molar-refractivity contribution in [2.24, 2.45) is 0 Å². The molecular weight excluding hydrogens is 442 g/mol. The zero-order valence-corrected chi connectivity index (χ0v) is 16.3. The van der Waals surface area contributed by atoms with Crippen LogP contribution in [0, 0.1) is 0 Å². The average molecular weight is 452 g/mol. The predicted molar refractivity (Wildman–Crippen MR) is 106 cm³/mol. The lowest BCUT2D eigenvalue weighted by molar-refractivity contribution is -0.142. The van der Waals surface area contributed by atoms with Crippen LogP contribution >= 0.6 is 23.2 Å². The molecule has 6 nitrogen and oxygen atoms in total. The SMILES string of the molecule is O=C(Nc1ccc(Cl)cc1)c1nc2nc(-c3ccc(Cl)cc3)cc(C(F)(F)F)n2n1. The van der Waals surface area contributed by atoms with Gasteiger partial charge in [0.05, 0.1) is 5.69 Å². The van der Waals surface area contributed by atoms with Crippen LogP contribution in [0.1, 0.15) is 16.3 Å². The number of hydrogen-bond donors (Lipinski definition) is 1. The van der Waals surface area contributed by atoms with Gasteiger partial charge in [-0.15, -0.1) is 5.10 Å². The quantitative estimate of drug-likeness (QED) is 0.454. The number of anilines is 1. The fraction of sp³-hybridized carbons (Fsp3) is 0.0526. The van der Waals surface area contributed by atoms with Crippen LogP contribution in [0.5, 0.6) is 0 Å². The minimum atomic E-state index is -4.75. The van der Waals surface area contributed by atoms with Gasteiger partial charge in [-0.05, 0) is 42.5 Å². The molecule has 0 atom stereocenters. The van der Waals surface area contributed by atoms with Gasteiger partial charge < -0.3 is 5.32 Å². The lowest BCUT2D eigenvalue weighted by Crippen LogP contribution is -2.16. The van der Waals surface area contributed by atoms with E-state index < -0.39 is 23.6 Å². The molecule has 0 aliphatic rings. The number of aromatic nitrogens is 4. The third-order valence-electron chi connectivity index (χ3n) is 4.05. The highest BCUT2D eigenvalue weighted by molar-refractivity contribution is 6.30. The van der Waals surface area contributed by atoms with E-state index in [4.69, 9.17) is 23.2 Å². The average Bonchev–Trinajstić information content (AvgIpc) is 3.13. The summed E-state index contributed by atoms with van der Waals surface area (Å²) >= 11 is 11.6. The van der Waals surface area contributed by atoms with Crippen molar-refractivity contribution < 1.29 is 18.0 Å². The summed E-state index contributed by atoms with van der Waals surface area (Å²) in [6, 6.07) is 13.1. The third kappa shape index (κ3) is 4.07. The number of hydrogen-bond acceptors (Lipinski definition) is 4. The number of alkyl halides is 3. The van der Waals surface area contributed by atoms with E-state index in [0.29, 0.717) is 25.8 Å². The highest BCUT2D eigenvalue weighted by atomic mass is 35.5. The molecule has 0 bridgehead atoms. The van der Waals surface area contributed by atoms with Gasteiger partial charge in [-0.2, -0.15) is 22.7 Å². The molecule has 152 valence electrons. The number of nitrogens with one attached hydrogen (secondary N) is 1. The maximum absolute atomic E-state index is 13.6. The van der Waals surface area contributed by atoms with Crippen LogP contribution in [-0.2, 0) is 6.18 Å². The standard InChI is InChI=1S/C19H10Cl2F3N5O/c20-11-3-1-10(2-4-11)14-9-15(19(22,23)24)29-18(26-14)27-16(28-29)17(30)25-13-7-5-12(21)6-8-13/h1-9H,(H,25,30). The maximum atomic E-state index is 13.6. The van der Waals surface area contributed by atoms with Crippen LogP contribution in [0.2, 0.25) is 10.0 Å². The fourth-order valence-electron chi connectivity index (χ4n) is 2.66. The molecule has 4 aromatic rings. The number of carbonyl (C=O) groups excluding carboxylic acids is 1. The highest BCUT2D eigenvalue weighted by Gasteiger charge is 2.36. The topological polar surface area (TPSA) is 72.2 Å². The van der Waals surface area contributed by atoms with E-state index in [0.717, 1.165) is 6.07 Å². The second-order valence-corrected chi connectivity index (χ2v) is 7.01. The molecule has 30 heavy (non-hydrogen) atoms. The number of benzene rings is 2. The Balaban J connectivity index is 1.77. The summed E-state index contributed by atoms with van der Waals surface area (Å²) in [5.74, 6) is -1.61. The Morgan fingerprint density at radius 1 is 0.933 bits per heavy atom. The van der Waals surface area contributed by atoms with Gasteiger partial charge in [0.15, 0.2) is 5.69 Å². The molecule has 0 fully saturated rings. The second-order valence-electron chi connectivity index (χ2n) is 6.14. The lowest BCUT2D eigenvalue weighted by Gasteiger charge is -2.10. The van der Waals surface area contributed by atoms with Gasteiger partial charge in [-0.25, -0.2) is 4.98 Å². The van der Waals surface area contributed by atoms with E-state index in [-0.39, 0.29) is 11.5 Å². The van der Waals surface area contributed by atoms with Crippen molar-refractivity contribution in [3.63, 3.8) is 0 Å². The van der Waals surface area contributed by atoms with E-state index >= 15 is 0 Å². The van der Waals surface area contributed by atoms with Gasteiger partial charge in [0.1, 0.15) is 0 Å². The number of nitrogens with zero attached hydrogens (tertiary/aromatic N) is 4. The highest BCUT2D eigenvalue weighted by Crippen LogP contribution is 2.32. The molecule has 0 spiro atoms. The Labute approximate surface area is 177 Å². The Hall–Kier alpha value is -3.17. The first-order valence-electron chi connectivity index (χ1n) is 8.38. The van der Waals surface area contributed by atoms with Crippen molar-refractivity contribution in [3.05, 3.63) is 76.2 Å². The van der Waals surface area contributed by atoms with Crippen molar-refractivity contribution in [2.75, 3.05) is 5.32 Å². The first-order chi connectivity index (χ1) is 14.2. The van der Waals surface area contributed by atoms with Gasteiger partial charge >= 0.3 is 6.18 Å². The monoisotopic (exact) mass is 451 g/mol. The first-order valence-corrected chi connectivity index (χ1v) is 9.14. The second kappa shape index (κ2) is 7.58. The number of halogens is 5. The van der Waals surface area contributed by atoms with Crippen LogP contribution in [-0.4, -0.2) is 25.5 Å². The first kappa shape index (κ1) is 20.1. The van der Waals surface area contributed by atoms with Crippen molar-refractivity contribution in [3.8, 4) is 11.3 Å². The fourth-order valence-corrected chi connectivity index (χ4v) is 2.91. The molecule has 11 heteroatoms. The molecule has 2 heterocycles. The van der Waals surface area contributed by atoms with Crippen LogP contribution in [0.15, 0.2) is 54.6 Å². The molecular formula is C19H10Cl2F3N5O. The summed E-state index contributed by atoms with van der Waals surface area (Å²) in [6.45, 7) is 0. The summed E-state index contributed by atoms with van der Waals surface area (Å²) in [4.78, 5) is 20.4. The van der Waals surface area contributed by atoms with Crippen molar-refractivity contribution in [1.29, 1.82) is 0 Å². The van der Waals surface area contributed by atoms with Crippen molar-refractivity contribution >= 4 is 40.6 Å². The Morgan fingerprint density at radius 3 is 2.13 bits per heavy atom. The number of rotatable bonds is 3. The molecule has 0 radical (unpaired) electrons.